The molecule has 0 spiro atoms. The summed E-state index contributed by atoms with van der Waals surface area (Å²) in [7, 11) is 1.66. The zero-order chi connectivity index (χ0) is 19.9. The first-order valence-electron chi connectivity index (χ1n) is 9.58. The minimum absolute atomic E-state index is 0.0360. The van der Waals surface area contributed by atoms with Crippen LogP contribution in [0.5, 0.6) is 0 Å². The van der Waals surface area contributed by atoms with E-state index in [9.17, 15) is 9.59 Å². The lowest BCUT2D eigenvalue weighted by Crippen LogP contribution is -2.43. The lowest BCUT2D eigenvalue weighted by molar-refractivity contribution is 0.0950. The van der Waals surface area contributed by atoms with E-state index in [0.717, 1.165) is 30.5 Å². The molecule has 28 heavy (non-hydrogen) atoms. The Morgan fingerprint density at radius 3 is 2.68 bits per heavy atom. The second-order valence-electron chi connectivity index (χ2n) is 7.00. The number of piperidine rings is 1. The first kappa shape index (κ1) is 20.3. The van der Waals surface area contributed by atoms with Gasteiger partial charge in [0.25, 0.3) is 5.91 Å². The Labute approximate surface area is 170 Å². The summed E-state index contributed by atoms with van der Waals surface area (Å²) in [6, 6.07) is 16.0. The molecule has 1 atom stereocenters. The maximum Gasteiger partial charge on any atom is 0.317 e. The molecule has 2 aromatic carbocycles. The predicted octanol–water partition coefficient (Wildman–Crippen LogP) is 3.86. The summed E-state index contributed by atoms with van der Waals surface area (Å²) in [4.78, 5) is 27.6. The second-order valence-corrected chi connectivity index (χ2v) is 7.88. The highest BCUT2D eigenvalue weighted by Crippen LogP contribution is 2.27. The molecule has 2 aromatic rings. The number of hydrogen-bond donors (Lipinski definition) is 2. The standard InChI is InChI=1S/C22H27N3O2S/c1-23-22(27)25-12-4-7-19(15-25)17-5-3-6-18(13-17)21(26)24-14-16-8-10-20(28-2)11-9-16/h3,5-6,8-11,13,19H,4,7,12,14-15H2,1-2H3,(H,23,27)(H,24,26)/t19-/m0/s1. The van der Waals surface area contributed by atoms with E-state index in [4.69, 9.17) is 0 Å². The quantitative estimate of drug-likeness (QED) is 0.753. The molecule has 0 aromatic heterocycles. The average Bonchev–Trinajstić information content (AvgIpc) is 2.77. The van der Waals surface area contributed by atoms with Crippen LogP contribution in [0.4, 0.5) is 4.79 Å². The number of benzene rings is 2. The van der Waals surface area contributed by atoms with Gasteiger partial charge in [-0.2, -0.15) is 0 Å². The Morgan fingerprint density at radius 2 is 1.96 bits per heavy atom. The smallest absolute Gasteiger partial charge is 0.317 e. The summed E-state index contributed by atoms with van der Waals surface area (Å²) in [5.41, 5.74) is 2.86. The minimum Gasteiger partial charge on any atom is -0.348 e. The maximum absolute atomic E-state index is 12.6. The van der Waals surface area contributed by atoms with Gasteiger partial charge in [0.05, 0.1) is 0 Å². The SMILES string of the molecule is CNC(=O)N1CCC[C@H](c2cccc(C(=O)NCc3ccc(SC)cc3)c2)C1. The van der Waals surface area contributed by atoms with Crippen molar-refractivity contribution in [3.8, 4) is 0 Å². The molecular formula is C22H27N3O2S. The van der Waals surface area contributed by atoms with Crippen molar-refractivity contribution in [2.24, 2.45) is 0 Å². The van der Waals surface area contributed by atoms with Crippen LogP contribution in [-0.4, -0.2) is 43.2 Å². The average molecular weight is 398 g/mol. The molecule has 0 unspecified atom stereocenters. The van der Waals surface area contributed by atoms with Crippen LogP contribution in [0.1, 0.15) is 40.2 Å². The molecule has 1 aliphatic rings. The molecule has 2 N–H and O–H groups in total. The van der Waals surface area contributed by atoms with Crippen LogP contribution in [0.25, 0.3) is 0 Å². The lowest BCUT2D eigenvalue weighted by Gasteiger charge is -2.32. The number of rotatable bonds is 5. The molecule has 0 saturated carbocycles. The van der Waals surface area contributed by atoms with Crippen LogP contribution >= 0.6 is 11.8 Å². The Kier molecular flexibility index (Phi) is 6.98. The lowest BCUT2D eigenvalue weighted by atomic mass is 9.89. The minimum atomic E-state index is -0.0743. The van der Waals surface area contributed by atoms with Gasteiger partial charge in [-0.3, -0.25) is 4.79 Å². The summed E-state index contributed by atoms with van der Waals surface area (Å²) in [6.07, 6.45) is 4.05. The van der Waals surface area contributed by atoms with Crippen molar-refractivity contribution < 1.29 is 9.59 Å². The monoisotopic (exact) mass is 397 g/mol. The molecule has 6 heteroatoms. The van der Waals surface area contributed by atoms with Crippen LogP contribution in [0.15, 0.2) is 53.4 Å². The molecule has 5 nitrogen and oxygen atoms in total. The Hall–Kier alpha value is -2.47. The first-order chi connectivity index (χ1) is 13.6. The highest BCUT2D eigenvalue weighted by atomic mass is 32.2. The van der Waals surface area contributed by atoms with Crippen molar-refractivity contribution in [3.05, 3.63) is 65.2 Å². The van der Waals surface area contributed by atoms with Gasteiger partial charge in [-0.25, -0.2) is 4.79 Å². The number of carbonyl (C=O) groups is 2. The van der Waals surface area contributed by atoms with E-state index in [0.29, 0.717) is 18.7 Å². The molecule has 1 aliphatic heterocycles. The highest BCUT2D eigenvalue weighted by molar-refractivity contribution is 7.98. The Bertz CT molecular complexity index is 823. The van der Waals surface area contributed by atoms with Crippen molar-refractivity contribution in [3.63, 3.8) is 0 Å². The van der Waals surface area contributed by atoms with Gasteiger partial charge in [0.1, 0.15) is 0 Å². The van der Waals surface area contributed by atoms with Crippen molar-refractivity contribution in [1.82, 2.24) is 15.5 Å². The molecule has 1 heterocycles. The van der Waals surface area contributed by atoms with Crippen LogP contribution < -0.4 is 10.6 Å². The fourth-order valence-electron chi connectivity index (χ4n) is 3.55. The van der Waals surface area contributed by atoms with E-state index in [1.54, 1.807) is 18.8 Å². The van der Waals surface area contributed by atoms with Crippen LogP contribution in [0.3, 0.4) is 0 Å². The third-order valence-corrected chi connectivity index (χ3v) is 5.90. The topological polar surface area (TPSA) is 61.4 Å². The number of carbonyl (C=O) groups excluding carboxylic acids is 2. The van der Waals surface area contributed by atoms with Crippen molar-refractivity contribution in [2.45, 2.75) is 30.2 Å². The summed E-state index contributed by atoms with van der Waals surface area (Å²) in [5, 5.41) is 5.70. The first-order valence-corrected chi connectivity index (χ1v) is 10.8. The molecule has 148 valence electrons. The van der Waals surface area contributed by atoms with Gasteiger partial charge >= 0.3 is 6.03 Å². The van der Waals surface area contributed by atoms with E-state index < -0.39 is 0 Å². The van der Waals surface area contributed by atoms with Gasteiger partial charge in [0, 0.05) is 43.1 Å². The van der Waals surface area contributed by atoms with Gasteiger partial charge in [-0.1, -0.05) is 24.3 Å². The molecule has 1 saturated heterocycles. The molecule has 3 rings (SSSR count). The van der Waals surface area contributed by atoms with E-state index in [2.05, 4.69) is 28.8 Å². The van der Waals surface area contributed by atoms with E-state index in [-0.39, 0.29) is 17.9 Å². The fraction of sp³-hybridized carbons (Fsp3) is 0.364. The zero-order valence-corrected chi connectivity index (χ0v) is 17.2. The summed E-state index contributed by atoms with van der Waals surface area (Å²) >= 11 is 1.70. The third kappa shape index (κ3) is 5.07. The van der Waals surface area contributed by atoms with E-state index in [1.165, 1.54) is 4.90 Å². The molecular weight excluding hydrogens is 370 g/mol. The predicted molar refractivity (Wildman–Crippen MR) is 114 cm³/mol. The largest absolute Gasteiger partial charge is 0.348 e. The Morgan fingerprint density at radius 1 is 1.18 bits per heavy atom. The zero-order valence-electron chi connectivity index (χ0n) is 16.4. The van der Waals surface area contributed by atoms with Crippen LogP contribution in [0.2, 0.25) is 0 Å². The number of thioether (sulfide) groups is 1. The maximum atomic E-state index is 12.6. The van der Waals surface area contributed by atoms with Gasteiger partial charge in [-0.15, -0.1) is 11.8 Å². The van der Waals surface area contributed by atoms with E-state index in [1.807, 2.05) is 41.5 Å². The third-order valence-electron chi connectivity index (χ3n) is 5.15. The second kappa shape index (κ2) is 9.64. The van der Waals surface area contributed by atoms with E-state index >= 15 is 0 Å². The summed E-state index contributed by atoms with van der Waals surface area (Å²) in [6.45, 7) is 1.98. The number of likely N-dealkylation sites (tertiary alicyclic amines) is 1. The Balaban J connectivity index is 1.63. The highest BCUT2D eigenvalue weighted by Gasteiger charge is 2.24. The number of amides is 3. The van der Waals surface area contributed by atoms with Gasteiger partial charge in [-0.05, 0) is 54.5 Å². The van der Waals surface area contributed by atoms with Crippen molar-refractivity contribution in [1.29, 1.82) is 0 Å². The van der Waals surface area contributed by atoms with Gasteiger partial charge in [0.2, 0.25) is 0 Å². The fourth-order valence-corrected chi connectivity index (χ4v) is 3.96. The van der Waals surface area contributed by atoms with Crippen molar-refractivity contribution >= 4 is 23.7 Å². The summed E-state index contributed by atoms with van der Waals surface area (Å²) < 4.78 is 0. The van der Waals surface area contributed by atoms with Crippen LogP contribution in [0, 0.1) is 0 Å². The summed E-state index contributed by atoms with van der Waals surface area (Å²) in [5.74, 6) is 0.188. The molecule has 0 bridgehead atoms. The molecule has 0 radical (unpaired) electrons. The van der Waals surface area contributed by atoms with Crippen LogP contribution in [-0.2, 0) is 6.54 Å². The number of urea groups is 1. The molecule has 1 fully saturated rings. The number of nitrogens with one attached hydrogen (secondary N) is 2. The number of hydrogen-bond acceptors (Lipinski definition) is 3. The molecule has 0 aliphatic carbocycles. The van der Waals surface area contributed by atoms with Gasteiger partial charge < -0.3 is 15.5 Å². The van der Waals surface area contributed by atoms with Gasteiger partial charge in [0.15, 0.2) is 0 Å². The normalized spacial score (nSPS) is 16.5. The van der Waals surface area contributed by atoms with Crippen molar-refractivity contribution in [2.75, 3.05) is 26.4 Å². The molecule has 3 amide bonds. The number of nitrogens with zero attached hydrogens (tertiary/aromatic N) is 1.